The van der Waals surface area contributed by atoms with Crippen LogP contribution in [-0.2, 0) is 16.1 Å². The smallest absolute Gasteiger partial charge is 0.158 e. The van der Waals surface area contributed by atoms with Crippen molar-refractivity contribution in [2.45, 2.75) is 19.1 Å². The molecule has 0 aliphatic carbocycles. The van der Waals surface area contributed by atoms with Crippen LogP contribution in [0.5, 0.6) is 0 Å². The number of ether oxygens (including phenoxy) is 2. The molecular formula is C11H18N4O2. The van der Waals surface area contributed by atoms with Gasteiger partial charge in [-0.05, 0) is 6.42 Å². The van der Waals surface area contributed by atoms with Gasteiger partial charge in [0.15, 0.2) is 5.82 Å². The molecule has 0 radical (unpaired) electrons. The van der Waals surface area contributed by atoms with Crippen LogP contribution >= 0.6 is 0 Å². The first kappa shape index (κ1) is 12.1. The van der Waals surface area contributed by atoms with Crippen LogP contribution in [0.15, 0.2) is 6.07 Å². The van der Waals surface area contributed by atoms with Crippen LogP contribution in [0, 0.1) is 0 Å². The predicted molar refractivity (Wildman–Crippen MR) is 64.8 cm³/mol. The summed E-state index contributed by atoms with van der Waals surface area (Å²) >= 11 is 0. The van der Waals surface area contributed by atoms with Gasteiger partial charge in [-0.2, -0.15) is 0 Å². The first-order valence-electron chi connectivity index (χ1n) is 5.63. The van der Waals surface area contributed by atoms with Crippen molar-refractivity contribution in [3.05, 3.63) is 11.9 Å². The van der Waals surface area contributed by atoms with Crippen LogP contribution in [0.1, 0.15) is 12.2 Å². The van der Waals surface area contributed by atoms with Crippen LogP contribution in [0.3, 0.4) is 0 Å². The van der Waals surface area contributed by atoms with Crippen molar-refractivity contribution in [2.75, 3.05) is 38.0 Å². The number of aromatic nitrogens is 2. The number of methoxy groups -OCH3 is 1. The highest BCUT2D eigenvalue weighted by Gasteiger charge is 2.22. The molecule has 94 valence electrons. The maximum atomic E-state index is 5.76. The van der Waals surface area contributed by atoms with Crippen molar-refractivity contribution in [3.63, 3.8) is 0 Å². The maximum absolute atomic E-state index is 5.76. The highest BCUT2D eigenvalue weighted by atomic mass is 16.5. The predicted octanol–water partition coefficient (Wildman–Crippen LogP) is 0.430. The summed E-state index contributed by atoms with van der Waals surface area (Å²) in [4.78, 5) is 10.6. The Hall–Kier alpha value is -1.40. The maximum Gasteiger partial charge on any atom is 0.158 e. The van der Waals surface area contributed by atoms with E-state index in [0.29, 0.717) is 24.3 Å². The lowest BCUT2D eigenvalue weighted by molar-refractivity contribution is 0.178. The van der Waals surface area contributed by atoms with Crippen LogP contribution < -0.4 is 10.6 Å². The molecule has 1 atom stereocenters. The van der Waals surface area contributed by atoms with Crippen LogP contribution in [0.25, 0.3) is 0 Å². The highest BCUT2D eigenvalue weighted by Crippen LogP contribution is 2.19. The van der Waals surface area contributed by atoms with E-state index in [0.717, 1.165) is 25.5 Å². The molecule has 1 aromatic heterocycles. The quantitative estimate of drug-likeness (QED) is 0.820. The molecule has 0 amide bonds. The van der Waals surface area contributed by atoms with Gasteiger partial charge in [-0.1, -0.05) is 0 Å². The Morgan fingerprint density at radius 3 is 3.06 bits per heavy atom. The van der Waals surface area contributed by atoms with E-state index in [-0.39, 0.29) is 0 Å². The summed E-state index contributed by atoms with van der Waals surface area (Å²) in [6, 6.07) is 2.14. The number of hydrogen-bond acceptors (Lipinski definition) is 6. The van der Waals surface area contributed by atoms with Crippen molar-refractivity contribution in [1.82, 2.24) is 9.97 Å². The minimum Gasteiger partial charge on any atom is -0.384 e. The molecule has 1 aliphatic heterocycles. The van der Waals surface area contributed by atoms with Crippen molar-refractivity contribution in [3.8, 4) is 0 Å². The van der Waals surface area contributed by atoms with Gasteiger partial charge in [0, 0.05) is 26.8 Å². The molecule has 0 bridgehead atoms. The number of nitrogens with two attached hydrogens (primary N) is 1. The second kappa shape index (κ2) is 5.29. The first-order chi connectivity index (χ1) is 8.20. The lowest BCUT2D eigenvalue weighted by Crippen LogP contribution is -2.32. The molecule has 17 heavy (non-hydrogen) atoms. The average molecular weight is 238 g/mol. The zero-order valence-corrected chi connectivity index (χ0v) is 10.2. The molecular weight excluding hydrogens is 220 g/mol. The Morgan fingerprint density at radius 2 is 2.41 bits per heavy atom. The fourth-order valence-corrected chi connectivity index (χ4v) is 1.89. The van der Waals surface area contributed by atoms with E-state index in [2.05, 4.69) is 14.9 Å². The topological polar surface area (TPSA) is 73.5 Å². The molecule has 2 rings (SSSR count). The average Bonchev–Trinajstić information content (AvgIpc) is 2.81. The number of nitrogens with zero attached hydrogens (tertiary/aromatic N) is 3. The molecule has 1 aromatic rings. The normalized spacial score (nSPS) is 19.5. The molecule has 1 saturated heterocycles. The molecule has 2 N–H and O–H groups in total. The van der Waals surface area contributed by atoms with E-state index in [1.54, 1.807) is 13.2 Å². The fraction of sp³-hybridized carbons (Fsp3) is 0.636. The highest BCUT2D eigenvalue weighted by molar-refractivity contribution is 5.47. The van der Waals surface area contributed by atoms with E-state index < -0.39 is 0 Å². The monoisotopic (exact) mass is 238 g/mol. The second-order valence-corrected chi connectivity index (χ2v) is 4.13. The van der Waals surface area contributed by atoms with Crippen LogP contribution in [-0.4, -0.2) is 43.4 Å². The number of hydrogen-bond donors (Lipinski definition) is 1. The Labute approximate surface area is 101 Å². The number of anilines is 2. The van der Waals surface area contributed by atoms with Gasteiger partial charge in [-0.15, -0.1) is 0 Å². The van der Waals surface area contributed by atoms with Crippen molar-refractivity contribution < 1.29 is 9.47 Å². The van der Waals surface area contributed by atoms with Gasteiger partial charge in [0.2, 0.25) is 0 Å². The largest absolute Gasteiger partial charge is 0.384 e. The molecule has 1 unspecified atom stereocenters. The summed E-state index contributed by atoms with van der Waals surface area (Å²) < 4.78 is 10.4. The Bertz CT molecular complexity index is 380. The lowest BCUT2D eigenvalue weighted by Gasteiger charge is -2.24. The van der Waals surface area contributed by atoms with Crippen LogP contribution in [0.2, 0.25) is 0 Å². The van der Waals surface area contributed by atoms with Gasteiger partial charge in [-0.25, -0.2) is 9.97 Å². The third-order valence-corrected chi connectivity index (χ3v) is 2.87. The van der Waals surface area contributed by atoms with Crippen molar-refractivity contribution in [1.29, 1.82) is 0 Å². The number of rotatable bonds is 4. The van der Waals surface area contributed by atoms with E-state index in [9.17, 15) is 0 Å². The summed E-state index contributed by atoms with van der Waals surface area (Å²) in [5.74, 6) is 1.89. The third-order valence-electron chi connectivity index (χ3n) is 2.87. The number of likely N-dealkylation sites (N-methyl/N-ethyl adjacent to an activating group) is 1. The molecule has 0 spiro atoms. The molecule has 1 aliphatic rings. The van der Waals surface area contributed by atoms with Gasteiger partial charge in [0.05, 0.1) is 12.6 Å². The van der Waals surface area contributed by atoms with Gasteiger partial charge in [0.25, 0.3) is 0 Å². The molecule has 1 fully saturated rings. The van der Waals surface area contributed by atoms with Gasteiger partial charge < -0.3 is 20.1 Å². The summed E-state index contributed by atoms with van der Waals surface area (Å²) in [6.45, 7) is 1.91. The zero-order chi connectivity index (χ0) is 12.3. The Morgan fingerprint density at radius 1 is 1.59 bits per heavy atom. The standard InChI is InChI=1S/C11H18N4O2/c1-15(8-3-4-17-6-8)11-5-9(12)13-10(14-11)7-16-2/h5,8H,3-4,6-7H2,1-2H3,(H2,12,13,14). The van der Waals surface area contributed by atoms with E-state index in [1.807, 2.05) is 7.05 Å². The summed E-state index contributed by atoms with van der Waals surface area (Å²) in [6.07, 6.45) is 1.01. The minimum atomic E-state index is 0.361. The van der Waals surface area contributed by atoms with Gasteiger partial charge >= 0.3 is 0 Å². The molecule has 6 heteroatoms. The summed E-state index contributed by atoms with van der Waals surface area (Å²) in [5, 5.41) is 0. The molecule has 6 nitrogen and oxygen atoms in total. The molecule has 0 saturated carbocycles. The molecule has 2 heterocycles. The second-order valence-electron chi connectivity index (χ2n) is 4.13. The number of nitrogen functional groups attached to an aromatic ring is 1. The van der Waals surface area contributed by atoms with Crippen molar-refractivity contribution >= 4 is 11.6 Å². The molecule has 0 aromatic carbocycles. The fourth-order valence-electron chi connectivity index (χ4n) is 1.89. The minimum absolute atomic E-state index is 0.361. The summed E-state index contributed by atoms with van der Waals surface area (Å²) in [7, 11) is 3.61. The van der Waals surface area contributed by atoms with E-state index in [1.165, 1.54) is 0 Å². The Kier molecular flexibility index (Phi) is 3.75. The van der Waals surface area contributed by atoms with Crippen molar-refractivity contribution in [2.24, 2.45) is 0 Å². The Balaban J connectivity index is 2.18. The lowest BCUT2D eigenvalue weighted by atomic mass is 10.2. The SMILES string of the molecule is COCc1nc(N)cc(N(C)C2CCOC2)n1. The van der Waals surface area contributed by atoms with E-state index >= 15 is 0 Å². The van der Waals surface area contributed by atoms with E-state index in [4.69, 9.17) is 15.2 Å². The third kappa shape index (κ3) is 2.83. The summed E-state index contributed by atoms with van der Waals surface area (Å²) in [5.41, 5.74) is 5.76. The first-order valence-corrected chi connectivity index (χ1v) is 5.63. The zero-order valence-electron chi connectivity index (χ0n) is 10.2. The van der Waals surface area contributed by atoms with Crippen LogP contribution in [0.4, 0.5) is 11.6 Å². The van der Waals surface area contributed by atoms with Gasteiger partial charge in [0.1, 0.15) is 18.2 Å². The van der Waals surface area contributed by atoms with Gasteiger partial charge in [-0.3, -0.25) is 0 Å².